The second-order valence-electron chi connectivity index (χ2n) is 6.75. The number of hydrogen-bond donors (Lipinski definition) is 1. The monoisotopic (exact) mass is 371 g/mol. The van der Waals surface area contributed by atoms with Gasteiger partial charge in [0.25, 0.3) is 5.91 Å². The fourth-order valence-electron chi connectivity index (χ4n) is 2.88. The van der Waals surface area contributed by atoms with Crippen LogP contribution in [0.1, 0.15) is 61.2 Å². The number of anilines is 1. The first-order valence-electron chi connectivity index (χ1n) is 9.64. The summed E-state index contributed by atoms with van der Waals surface area (Å²) in [6, 6.07) is 9.36. The first-order valence-corrected chi connectivity index (χ1v) is 9.64. The predicted molar refractivity (Wildman–Crippen MR) is 106 cm³/mol. The number of aromatic nitrogens is 1. The van der Waals surface area contributed by atoms with E-state index in [1.54, 1.807) is 17.9 Å². The van der Waals surface area contributed by atoms with Gasteiger partial charge in [-0.25, -0.2) is 0 Å². The fourth-order valence-corrected chi connectivity index (χ4v) is 2.88. The lowest BCUT2D eigenvalue weighted by atomic mass is 10.0. The number of amides is 2. The Morgan fingerprint density at radius 1 is 1.11 bits per heavy atom. The molecule has 0 unspecified atom stereocenters. The van der Waals surface area contributed by atoms with Crippen molar-refractivity contribution in [3.8, 4) is 0 Å². The van der Waals surface area contributed by atoms with Gasteiger partial charge in [0.15, 0.2) is 5.82 Å². The van der Waals surface area contributed by atoms with Gasteiger partial charge in [-0.3, -0.25) is 9.59 Å². The Hall–Kier alpha value is -2.63. The molecule has 0 aliphatic carbocycles. The Balaban J connectivity index is 1.97. The van der Waals surface area contributed by atoms with Crippen molar-refractivity contribution in [2.45, 2.75) is 52.9 Å². The smallest absolute Gasteiger partial charge is 0.254 e. The summed E-state index contributed by atoms with van der Waals surface area (Å²) in [5.74, 6) is 0.549. The fraction of sp³-hybridized carbons (Fsp3) is 0.476. The van der Waals surface area contributed by atoms with E-state index in [-0.39, 0.29) is 18.4 Å². The van der Waals surface area contributed by atoms with Crippen molar-refractivity contribution in [2.24, 2.45) is 0 Å². The molecule has 0 spiro atoms. The van der Waals surface area contributed by atoms with Crippen LogP contribution in [0.5, 0.6) is 0 Å². The van der Waals surface area contributed by atoms with Crippen LogP contribution in [0.4, 0.5) is 5.82 Å². The van der Waals surface area contributed by atoms with Crippen molar-refractivity contribution < 1.29 is 14.1 Å². The number of nitrogens with zero attached hydrogens (tertiary/aromatic N) is 2. The van der Waals surface area contributed by atoms with Gasteiger partial charge in [-0.05, 0) is 43.9 Å². The Morgan fingerprint density at radius 3 is 2.44 bits per heavy atom. The van der Waals surface area contributed by atoms with Gasteiger partial charge in [-0.1, -0.05) is 44.0 Å². The minimum atomic E-state index is -0.290. The molecule has 1 aromatic carbocycles. The molecule has 6 heteroatoms. The minimum absolute atomic E-state index is 0.0170. The van der Waals surface area contributed by atoms with Crippen molar-refractivity contribution in [3.63, 3.8) is 0 Å². The minimum Gasteiger partial charge on any atom is -0.360 e. The summed E-state index contributed by atoms with van der Waals surface area (Å²) in [6.07, 6.45) is 5.37. The van der Waals surface area contributed by atoms with Crippen LogP contribution in [0.2, 0.25) is 0 Å². The standard InChI is InChI=1S/C21H29N3O3/c1-4-6-7-8-17-9-11-18(12-10-17)21(26)24(13-5-2)15-20(25)22-19-14-16(3)27-23-19/h9-12,14H,4-8,13,15H2,1-3H3,(H,22,23,25). The van der Waals surface area contributed by atoms with Gasteiger partial charge in [0.2, 0.25) is 5.91 Å². The molecular formula is C21H29N3O3. The predicted octanol–water partition coefficient (Wildman–Crippen LogP) is 4.21. The molecule has 0 atom stereocenters. The van der Waals surface area contributed by atoms with Crippen LogP contribution in [-0.4, -0.2) is 35.0 Å². The van der Waals surface area contributed by atoms with Gasteiger partial charge in [-0.15, -0.1) is 0 Å². The number of nitrogens with one attached hydrogen (secondary N) is 1. The van der Waals surface area contributed by atoms with Gasteiger partial charge >= 0.3 is 0 Å². The molecule has 0 bridgehead atoms. The highest BCUT2D eigenvalue weighted by Crippen LogP contribution is 2.12. The van der Waals surface area contributed by atoms with E-state index in [0.29, 0.717) is 23.7 Å². The molecule has 0 radical (unpaired) electrons. The Bertz CT molecular complexity index is 737. The molecule has 6 nitrogen and oxygen atoms in total. The third-order valence-corrected chi connectivity index (χ3v) is 4.28. The summed E-state index contributed by atoms with van der Waals surface area (Å²) in [5.41, 5.74) is 1.84. The highest BCUT2D eigenvalue weighted by molar-refractivity contribution is 5.99. The van der Waals surface area contributed by atoms with Crippen LogP contribution in [0.15, 0.2) is 34.9 Å². The normalized spacial score (nSPS) is 10.6. The van der Waals surface area contributed by atoms with E-state index in [0.717, 1.165) is 19.3 Å². The van der Waals surface area contributed by atoms with E-state index in [9.17, 15) is 9.59 Å². The zero-order valence-corrected chi connectivity index (χ0v) is 16.5. The van der Waals surface area contributed by atoms with Crippen molar-refractivity contribution in [1.29, 1.82) is 0 Å². The number of benzene rings is 1. The highest BCUT2D eigenvalue weighted by Gasteiger charge is 2.19. The molecule has 27 heavy (non-hydrogen) atoms. The molecule has 2 rings (SSSR count). The van der Waals surface area contributed by atoms with E-state index in [2.05, 4.69) is 17.4 Å². The maximum absolute atomic E-state index is 12.8. The first kappa shape index (κ1) is 20.7. The lowest BCUT2D eigenvalue weighted by Crippen LogP contribution is -2.38. The Labute approximate surface area is 160 Å². The Morgan fingerprint density at radius 2 is 1.85 bits per heavy atom. The molecule has 2 aromatic rings. The largest absolute Gasteiger partial charge is 0.360 e. The van der Waals surface area contributed by atoms with Crippen molar-refractivity contribution in [3.05, 3.63) is 47.2 Å². The number of rotatable bonds is 10. The molecule has 0 fully saturated rings. The summed E-state index contributed by atoms with van der Waals surface area (Å²) in [7, 11) is 0. The average Bonchev–Trinajstić information content (AvgIpc) is 3.06. The molecule has 146 valence electrons. The van der Waals surface area contributed by atoms with Crippen LogP contribution in [-0.2, 0) is 11.2 Å². The maximum Gasteiger partial charge on any atom is 0.254 e. The molecule has 1 aromatic heterocycles. The average molecular weight is 371 g/mol. The number of unbranched alkanes of at least 4 members (excludes halogenated alkanes) is 2. The van der Waals surface area contributed by atoms with E-state index < -0.39 is 0 Å². The molecule has 2 amide bonds. The first-order chi connectivity index (χ1) is 13.0. The molecule has 1 N–H and O–H groups in total. The summed E-state index contributed by atoms with van der Waals surface area (Å²) < 4.78 is 4.94. The zero-order valence-electron chi connectivity index (χ0n) is 16.5. The van der Waals surface area contributed by atoms with Gasteiger partial charge in [0.05, 0.1) is 0 Å². The summed E-state index contributed by atoms with van der Waals surface area (Å²) in [6.45, 7) is 6.42. The van der Waals surface area contributed by atoms with Gasteiger partial charge in [0.1, 0.15) is 12.3 Å². The second-order valence-corrected chi connectivity index (χ2v) is 6.75. The third-order valence-electron chi connectivity index (χ3n) is 4.28. The van der Waals surface area contributed by atoms with E-state index in [4.69, 9.17) is 4.52 Å². The molecule has 0 aliphatic heterocycles. The summed E-state index contributed by atoms with van der Waals surface area (Å²) in [5, 5.41) is 6.40. The van der Waals surface area contributed by atoms with Gasteiger partial charge < -0.3 is 14.7 Å². The topological polar surface area (TPSA) is 75.4 Å². The van der Waals surface area contributed by atoms with Crippen molar-refractivity contribution in [2.75, 3.05) is 18.4 Å². The van der Waals surface area contributed by atoms with Crippen LogP contribution in [0.3, 0.4) is 0 Å². The molecular weight excluding hydrogens is 342 g/mol. The molecule has 0 saturated heterocycles. The van der Waals surface area contributed by atoms with Crippen LogP contribution >= 0.6 is 0 Å². The molecule has 0 aliphatic rings. The highest BCUT2D eigenvalue weighted by atomic mass is 16.5. The second kappa shape index (κ2) is 10.5. The third kappa shape index (κ3) is 6.55. The van der Waals surface area contributed by atoms with Crippen molar-refractivity contribution in [1.82, 2.24) is 10.1 Å². The maximum atomic E-state index is 12.8. The van der Waals surface area contributed by atoms with Gasteiger partial charge in [0, 0.05) is 18.2 Å². The number of carbonyl (C=O) groups is 2. The van der Waals surface area contributed by atoms with E-state index in [1.165, 1.54) is 18.4 Å². The summed E-state index contributed by atoms with van der Waals surface area (Å²) >= 11 is 0. The molecule has 1 heterocycles. The number of carbonyl (C=O) groups excluding carboxylic acids is 2. The van der Waals surface area contributed by atoms with Crippen LogP contribution in [0, 0.1) is 6.92 Å². The van der Waals surface area contributed by atoms with Crippen LogP contribution < -0.4 is 5.32 Å². The quantitative estimate of drug-likeness (QED) is 0.635. The van der Waals surface area contributed by atoms with Gasteiger partial charge in [-0.2, -0.15) is 0 Å². The van der Waals surface area contributed by atoms with Crippen LogP contribution in [0.25, 0.3) is 0 Å². The lowest BCUT2D eigenvalue weighted by molar-refractivity contribution is -0.116. The van der Waals surface area contributed by atoms with Crippen molar-refractivity contribution >= 4 is 17.6 Å². The van der Waals surface area contributed by atoms with E-state index >= 15 is 0 Å². The Kier molecular flexibility index (Phi) is 8.04. The number of aryl methyl sites for hydroxylation is 2. The summed E-state index contributed by atoms with van der Waals surface area (Å²) in [4.78, 5) is 26.6. The zero-order chi connectivity index (χ0) is 19.6. The SMILES string of the molecule is CCCCCc1ccc(C(=O)N(CCC)CC(=O)Nc2cc(C)on2)cc1. The van der Waals surface area contributed by atoms with E-state index in [1.807, 2.05) is 31.2 Å². The number of hydrogen-bond acceptors (Lipinski definition) is 4. The lowest BCUT2D eigenvalue weighted by Gasteiger charge is -2.21. The molecule has 0 saturated carbocycles.